The average molecular weight is 236 g/mol. The van der Waals surface area contributed by atoms with Crippen LogP contribution in [-0.4, -0.2) is 15.4 Å². The highest BCUT2D eigenvalue weighted by molar-refractivity contribution is 5.89. The zero-order valence-electron chi connectivity index (χ0n) is 9.96. The molecule has 0 aliphatic heterocycles. The van der Waals surface area contributed by atoms with Crippen LogP contribution in [0.15, 0.2) is 48.5 Å². The highest BCUT2D eigenvalue weighted by atomic mass is 15.3. The van der Waals surface area contributed by atoms with Gasteiger partial charge in [0.2, 0.25) is 0 Å². The predicted molar refractivity (Wildman–Crippen MR) is 71.8 cm³/mol. The van der Waals surface area contributed by atoms with Crippen LogP contribution in [0.5, 0.6) is 0 Å². The summed E-state index contributed by atoms with van der Waals surface area (Å²) in [5, 5.41) is 16.0. The summed E-state index contributed by atoms with van der Waals surface area (Å²) in [5.74, 6) is 0.726. The SMILES string of the molecule is Cc1ccc(Nc2nnnc3ccccc23)cc1. The number of rotatable bonds is 2. The Labute approximate surface area is 105 Å². The molecule has 1 heterocycles. The van der Waals surface area contributed by atoms with Crippen LogP contribution >= 0.6 is 0 Å². The number of nitrogens with zero attached hydrogens (tertiary/aromatic N) is 3. The molecule has 2 aromatic carbocycles. The van der Waals surface area contributed by atoms with E-state index < -0.39 is 0 Å². The molecule has 88 valence electrons. The van der Waals surface area contributed by atoms with Gasteiger partial charge in [-0.3, -0.25) is 0 Å². The minimum atomic E-state index is 0.726. The third-order valence-electron chi connectivity index (χ3n) is 2.77. The molecule has 0 aliphatic carbocycles. The van der Waals surface area contributed by atoms with Gasteiger partial charge in [-0.05, 0) is 36.4 Å². The highest BCUT2D eigenvalue weighted by Gasteiger charge is 2.03. The normalized spacial score (nSPS) is 10.5. The molecule has 0 fully saturated rings. The molecule has 0 spiro atoms. The summed E-state index contributed by atoms with van der Waals surface area (Å²) in [6.45, 7) is 2.06. The second kappa shape index (κ2) is 4.41. The second-order valence-electron chi connectivity index (χ2n) is 4.15. The summed E-state index contributed by atoms with van der Waals surface area (Å²) in [7, 11) is 0. The Hall–Kier alpha value is -2.49. The first-order chi connectivity index (χ1) is 8.83. The Morgan fingerprint density at radius 1 is 0.889 bits per heavy atom. The summed E-state index contributed by atoms with van der Waals surface area (Å²) in [4.78, 5) is 0. The maximum Gasteiger partial charge on any atom is 0.164 e. The van der Waals surface area contributed by atoms with E-state index >= 15 is 0 Å². The number of anilines is 2. The van der Waals surface area contributed by atoms with Gasteiger partial charge in [-0.2, -0.15) is 0 Å². The lowest BCUT2D eigenvalue weighted by molar-refractivity contribution is 0.900. The molecular formula is C14H12N4. The van der Waals surface area contributed by atoms with Gasteiger partial charge >= 0.3 is 0 Å². The molecule has 0 atom stereocenters. The largest absolute Gasteiger partial charge is 0.338 e. The number of hydrogen-bond acceptors (Lipinski definition) is 4. The molecule has 0 amide bonds. The van der Waals surface area contributed by atoms with Crippen molar-refractivity contribution in [3.63, 3.8) is 0 Å². The van der Waals surface area contributed by atoms with Crippen molar-refractivity contribution >= 4 is 22.4 Å². The van der Waals surface area contributed by atoms with E-state index in [1.165, 1.54) is 5.56 Å². The molecule has 0 unspecified atom stereocenters. The number of nitrogens with one attached hydrogen (secondary N) is 1. The van der Waals surface area contributed by atoms with Crippen LogP contribution in [-0.2, 0) is 0 Å². The second-order valence-corrected chi connectivity index (χ2v) is 4.15. The van der Waals surface area contributed by atoms with Crippen molar-refractivity contribution in [2.75, 3.05) is 5.32 Å². The van der Waals surface area contributed by atoms with E-state index in [4.69, 9.17) is 0 Å². The molecule has 1 aromatic heterocycles. The zero-order valence-corrected chi connectivity index (χ0v) is 9.96. The van der Waals surface area contributed by atoms with Gasteiger partial charge < -0.3 is 5.32 Å². The molecular weight excluding hydrogens is 224 g/mol. The lowest BCUT2D eigenvalue weighted by atomic mass is 10.2. The average Bonchev–Trinajstić information content (AvgIpc) is 2.42. The summed E-state index contributed by atoms with van der Waals surface area (Å²) in [5.41, 5.74) is 3.06. The van der Waals surface area contributed by atoms with Crippen LogP contribution in [0.3, 0.4) is 0 Å². The van der Waals surface area contributed by atoms with Crippen molar-refractivity contribution in [1.82, 2.24) is 15.4 Å². The van der Waals surface area contributed by atoms with Crippen molar-refractivity contribution in [1.29, 1.82) is 0 Å². The van der Waals surface area contributed by atoms with Crippen LogP contribution < -0.4 is 5.32 Å². The summed E-state index contributed by atoms with van der Waals surface area (Å²) < 4.78 is 0. The van der Waals surface area contributed by atoms with Gasteiger partial charge in [0.05, 0.1) is 5.52 Å². The Morgan fingerprint density at radius 3 is 2.50 bits per heavy atom. The van der Waals surface area contributed by atoms with Crippen LogP contribution in [0.1, 0.15) is 5.56 Å². The molecule has 18 heavy (non-hydrogen) atoms. The smallest absolute Gasteiger partial charge is 0.164 e. The summed E-state index contributed by atoms with van der Waals surface area (Å²) in [6.07, 6.45) is 0. The van der Waals surface area contributed by atoms with Crippen molar-refractivity contribution in [2.45, 2.75) is 6.92 Å². The molecule has 4 nitrogen and oxygen atoms in total. The fourth-order valence-corrected chi connectivity index (χ4v) is 1.80. The van der Waals surface area contributed by atoms with Gasteiger partial charge in [-0.1, -0.05) is 29.8 Å². The van der Waals surface area contributed by atoms with Gasteiger partial charge in [0.1, 0.15) is 0 Å². The lowest BCUT2D eigenvalue weighted by Crippen LogP contribution is -1.98. The maximum absolute atomic E-state index is 4.05. The molecule has 4 heteroatoms. The first kappa shape index (κ1) is 10.7. The van der Waals surface area contributed by atoms with Gasteiger partial charge in [0.15, 0.2) is 5.82 Å². The Balaban J connectivity index is 2.02. The summed E-state index contributed by atoms with van der Waals surface area (Å²) in [6, 6.07) is 16.0. The number of aromatic nitrogens is 3. The van der Waals surface area contributed by atoms with Gasteiger partial charge in [-0.15, -0.1) is 10.2 Å². The molecule has 0 radical (unpaired) electrons. The first-order valence-corrected chi connectivity index (χ1v) is 5.75. The van der Waals surface area contributed by atoms with Crippen LogP contribution in [0.25, 0.3) is 10.9 Å². The third kappa shape index (κ3) is 2.00. The third-order valence-corrected chi connectivity index (χ3v) is 2.77. The molecule has 3 aromatic rings. The highest BCUT2D eigenvalue weighted by Crippen LogP contribution is 2.21. The van der Waals surface area contributed by atoms with Gasteiger partial charge in [0, 0.05) is 11.1 Å². The number of aryl methyl sites for hydroxylation is 1. The first-order valence-electron chi connectivity index (χ1n) is 5.75. The lowest BCUT2D eigenvalue weighted by Gasteiger charge is -2.07. The van der Waals surface area contributed by atoms with E-state index in [-0.39, 0.29) is 0 Å². The quantitative estimate of drug-likeness (QED) is 0.742. The topological polar surface area (TPSA) is 50.7 Å². The van der Waals surface area contributed by atoms with Crippen molar-refractivity contribution in [2.24, 2.45) is 0 Å². The Morgan fingerprint density at radius 2 is 1.67 bits per heavy atom. The molecule has 3 rings (SSSR count). The van der Waals surface area contributed by atoms with Gasteiger partial charge in [-0.25, -0.2) is 0 Å². The molecule has 0 saturated heterocycles. The molecule has 0 aliphatic rings. The molecule has 0 bridgehead atoms. The monoisotopic (exact) mass is 236 g/mol. The minimum absolute atomic E-state index is 0.726. The van der Waals surface area contributed by atoms with Crippen molar-refractivity contribution < 1.29 is 0 Å². The van der Waals surface area contributed by atoms with Crippen molar-refractivity contribution in [3.05, 3.63) is 54.1 Å². The van der Waals surface area contributed by atoms with E-state index in [0.29, 0.717) is 0 Å². The van der Waals surface area contributed by atoms with Crippen LogP contribution in [0.2, 0.25) is 0 Å². The van der Waals surface area contributed by atoms with E-state index in [9.17, 15) is 0 Å². The van der Waals surface area contributed by atoms with Crippen LogP contribution in [0.4, 0.5) is 11.5 Å². The predicted octanol–water partition coefficient (Wildman–Crippen LogP) is 3.08. The molecule has 1 N–H and O–H groups in total. The summed E-state index contributed by atoms with van der Waals surface area (Å²) >= 11 is 0. The number of fused-ring (bicyclic) bond motifs is 1. The van der Waals surface area contributed by atoms with E-state index in [2.05, 4.69) is 39.8 Å². The standard InChI is InChI=1S/C14H12N4/c1-10-6-8-11(9-7-10)15-14-12-4-2-3-5-13(12)16-18-17-14/h2-9H,1H3,(H,15,16,17). The van der Waals surface area contributed by atoms with Crippen molar-refractivity contribution in [3.8, 4) is 0 Å². The van der Waals surface area contributed by atoms with E-state index in [1.807, 2.05) is 36.4 Å². The fourth-order valence-electron chi connectivity index (χ4n) is 1.80. The fraction of sp³-hybridized carbons (Fsp3) is 0.0714. The molecule has 0 saturated carbocycles. The minimum Gasteiger partial charge on any atom is -0.338 e. The van der Waals surface area contributed by atoms with Gasteiger partial charge in [0.25, 0.3) is 0 Å². The zero-order chi connectivity index (χ0) is 12.4. The number of hydrogen-bond donors (Lipinski definition) is 1. The Kier molecular flexibility index (Phi) is 2.61. The Bertz CT molecular complexity index is 671. The van der Waals surface area contributed by atoms with E-state index in [0.717, 1.165) is 22.4 Å². The van der Waals surface area contributed by atoms with E-state index in [1.54, 1.807) is 0 Å². The maximum atomic E-state index is 4.05. The van der Waals surface area contributed by atoms with Crippen LogP contribution in [0, 0.1) is 6.92 Å². The number of benzene rings is 2.